The van der Waals surface area contributed by atoms with Crippen LogP contribution in [-0.2, 0) is 4.74 Å². The SMILES string of the molecule is CCCNc1nc2cc(Cl)c(Cl)cc2n1[C@H]1O[C@H](CO)[C@H](O)[C@@H]1O. The number of aromatic nitrogens is 2. The lowest BCUT2D eigenvalue weighted by molar-refractivity contribution is -0.0499. The number of imidazole rings is 1. The van der Waals surface area contributed by atoms with E-state index >= 15 is 0 Å². The predicted octanol–water partition coefficient (Wildman–Crippen LogP) is 1.78. The van der Waals surface area contributed by atoms with Gasteiger partial charge in [0.25, 0.3) is 0 Å². The summed E-state index contributed by atoms with van der Waals surface area (Å²) in [6.07, 6.45) is -3.31. The Kier molecular flexibility index (Phi) is 5.19. The first-order valence-corrected chi connectivity index (χ1v) is 8.46. The summed E-state index contributed by atoms with van der Waals surface area (Å²) in [5, 5.41) is 33.6. The van der Waals surface area contributed by atoms with Gasteiger partial charge < -0.3 is 25.4 Å². The van der Waals surface area contributed by atoms with Crippen LogP contribution in [0.5, 0.6) is 0 Å². The number of nitrogens with zero attached hydrogens (tertiary/aromatic N) is 2. The molecule has 2 aromatic rings. The van der Waals surface area contributed by atoms with Crippen LogP contribution in [0.4, 0.5) is 5.95 Å². The van der Waals surface area contributed by atoms with Crippen LogP contribution in [0.1, 0.15) is 19.6 Å². The summed E-state index contributed by atoms with van der Waals surface area (Å²) < 4.78 is 7.27. The summed E-state index contributed by atoms with van der Waals surface area (Å²) in [5.74, 6) is 0.472. The molecule has 3 rings (SSSR count). The van der Waals surface area contributed by atoms with Crippen molar-refractivity contribution in [2.75, 3.05) is 18.5 Å². The zero-order chi connectivity index (χ0) is 17.4. The zero-order valence-corrected chi connectivity index (χ0v) is 14.5. The van der Waals surface area contributed by atoms with Gasteiger partial charge in [-0.3, -0.25) is 4.57 Å². The van der Waals surface area contributed by atoms with Crippen molar-refractivity contribution < 1.29 is 20.1 Å². The van der Waals surface area contributed by atoms with Gasteiger partial charge in [0.05, 0.1) is 27.7 Å². The number of hydrogen-bond donors (Lipinski definition) is 4. The molecule has 0 unspecified atom stereocenters. The van der Waals surface area contributed by atoms with Gasteiger partial charge in [0.2, 0.25) is 5.95 Å². The van der Waals surface area contributed by atoms with Crippen LogP contribution in [0, 0.1) is 0 Å². The van der Waals surface area contributed by atoms with E-state index in [-0.39, 0.29) is 0 Å². The first-order valence-electron chi connectivity index (χ1n) is 7.71. The molecule has 9 heteroatoms. The maximum absolute atomic E-state index is 10.3. The molecule has 0 spiro atoms. The molecule has 4 atom stereocenters. The maximum atomic E-state index is 10.3. The number of halogens is 2. The number of rotatable bonds is 5. The van der Waals surface area contributed by atoms with E-state index in [9.17, 15) is 15.3 Å². The van der Waals surface area contributed by atoms with Crippen LogP contribution in [0.3, 0.4) is 0 Å². The molecule has 1 aliphatic heterocycles. The minimum Gasteiger partial charge on any atom is -0.394 e. The number of aliphatic hydroxyl groups is 3. The van der Waals surface area contributed by atoms with Gasteiger partial charge in [0.15, 0.2) is 6.23 Å². The van der Waals surface area contributed by atoms with Crippen molar-refractivity contribution in [3.63, 3.8) is 0 Å². The van der Waals surface area contributed by atoms with E-state index in [1.807, 2.05) is 6.92 Å². The molecule has 2 heterocycles. The molecular weight excluding hydrogens is 357 g/mol. The topological polar surface area (TPSA) is 99.8 Å². The Balaban J connectivity index is 2.12. The number of anilines is 1. The molecule has 0 radical (unpaired) electrons. The molecule has 1 aliphatic rings. The highest BCUT2D eigenvalue weighted by Crippen LogP contribution is 2.37. The largest absolute Gasteiger partial charge is 0.394 e. The molecule has 1 fully saturated rings. The maximum Gasteiger partial charge on any atom is 0.206 e. The Labute approximate surface area is 148 Å². The number of hydrogen-bond acceptors (Lipinski definition) is 6. The Morgan fingerprint density at radius 3 is 2.58 bits per heavy atom. The molecule has 4 N–H and O–H groups in total. The third kappa shape index (κ3) is 2.96. The van der Waals surface area contributed by atoms with Gasteiger partial charge in [-0.2, -0.15) is 0 Å². The molecule has 1 saturated heterocycles. The van der Waals surface area contributed by atoms with Crippen LogP contribution >= 0.6 is 23.2 Å². The summed E-state index contributed by atoms with van der Waals surface area (Å²) in [4.78, 5) is 4.48. The molecule has 1 aromatic carbocycles. The molecule has 0 bridgehead atoms. The fourth-order valence-electron chi connectivity index (χ4n) is 2.80. The van der Waals surface area contributed by atoms with Crippen molar-refractivity contribution in [2.45, 2.75) is 37.9 Å². The van der Waals surface area contributed by atoms with Gasteiger partial charge in [-0.05, 0) is 18.6 Å². The van der Waals surface area contributed by atoms with E-state index in [4.69, 9.17) is 27.9 Å². The van der Waals surface area contributed by atoms with Gasteiger partial charge >= 0.3 is 0 Å². The number of benzene rings is 1. The molecule has 0 aliphatic carbocycles. The molecule has 0 saturated carbocycles. The van der Waals surface area contributed by atoms with Crippen LogP contribution < -0.4 is 5.32 Å². The van der Waals surface area contributed by atoms with Crippen molar-refractivity contribution in [3.05, 3.63) is 22.2 Å². The Morgan fingerprint density at radius 1 is 1.25 bits per heavy atom. The quantitative estimate of drug-likeness (QED) is 0.635. The van der Waals surface area contributed by atoms with Crippen LogP contribution in [0.15, 0.2) is 12.1 Å². The normalized spacial score (nSPS) is 27.1. The second-order valence-electron chi connectivity index (χ2n) is 5.72. The third-order valence-corrected chi connectivity index (χ3v) is 4.76. The van der Waals surface area contributed by atoms with Gasteiger partial charge in [-0.15, -0.1) is 0 Å². The van der Waals surface area contributed by atoms with Crippen LogP contribution in [0.2, 0.25) is 10.0 Å². The van der Waals surface area contributed by atoms with E-state index in [0.717, 1.165) is 6.42 Å². The highest BCUT2D eigenvalue weighted by molar-refractivity contribution is 6.42. The first kappa shape index (κ1) is 17.7. The van der Waals surface area contributed by atoms with E-state index in [0.29, 0.717) is 33.6 Å². The third-order valence-electron chi connectivity index (χ3n) is 4.04. The highest BCUT2D eigenvalue weighted by atomic mass is 35.5. The Hall–Kier alpha value is -1.09. The lowest BCUT2D eigenvalue weighted by Gasteiger charge is -2.20. The minimum absolute atomic E-state index is 0.346. The van der Waals surface area contributed by atoms with E-state index < -0.39 is 31.1 Å². The Bertz CT molecular complexity index is 739. The summed E-state index contributed by atoms with van der Waals surface area (Å²) in [7, 11) is 0. The lowest BCUT2D eigenvalue weighted by Crippen LogP contribution is -2.33. The van der Waals surface area contributed by atoms with Gasteiger partial charge in [-0.25, -0.2) is 4.98 Å². The molecule has 1 aromatic heterocycles. The van der Waals surface area contributed by atoms with E-state index in [1.54, 1.807) is 16.7 Å². The number of fused-ring (bicyclic) bond motifs is 1. The second kappa shape index (κ2) is 7.03. The predicted molar refractivity (Wildman–Crippen MR) is 91.5 cm³/mol. The minimum atomic E-state index is -1.21. The molecular formula is C15H19Cl2N3O4. The molecule has 24 heavy (non-hydrogen) atoms. The van der Waals surface area contributed by atoms with Crippen LogP contribution in [-0.4, -0.2) is 56.3 Å². The average Bonchev–Trinajstić information content (AvgIpc) is 3.04. The fraction of sp³-hybridized carbons (Fsp3) is 0.533. The molecule has 132 valence electrons. The smallest absolute Gasteiger partial charge is 0.206 e. The van der Waals surface area contributed by atoms with Crippen molar-refractivity contribution in [1.82, 2.24) is 9.55 Å². The second-order valence-corrected chi connectivity index (χ2v) is 6.53. The van der Waals surface area contributed by atoms with Crippen LogP contribution in [0.25, 0.3) is 11.0 Å². The van der Waals surface area contributed by atoms with E-state index in [1.165, 1.54) is 0 Å². The monoisotopic (exact) mass is 375 g/mol. The summed E-state index contributed by atoms with van der Waals surface area (Å²) >= 11 is 12.2. The summed E-state index contributed by atoms with van der Waals surface area (Å²) in [6, 6.07) is 3.27. The van der Waals surface area contributed by atoms with E-state index in [2.05, 4.69) is 10.3 Å². The fourth-order valence-corrected chi connectivity index (χ4v) is 3.12. The van der Waals surface area contributed by atoms with Crippen molar-refractivity contribution >= 4 is 40.2 Å². The highest BCUT2D eigenvalue weighted by Gasteiger charge is 2.44. The van der Waals surface area contributed by atoms with Crippen molar-refractivity contribution in [1.29, 1.82) is 0 Å². The number of aliphatic hydroxyl groups excluding tert-OH is 3. The standard InChI is InChI=1S/C15H19Cl2N3O4/c1-2-3-18-15-19-9-4-7(16)8(17)5-10(9)20(15)14-13(23)12(22)11(6-21)24-14/h4-5,11-14,21-23H,2-3,6H2,1H3,(H,18,19)/t11-,12+,13+,14+/m1/s1. The average molecular weight is 376 g/mol. The Morgan fingerprint density at radius 2 is 1.96 bits per heavy atom. The lowest BCUT2D eigenvalue weighted by atomic mass is 10.1. The number of nitrogens with one attached hydrogen (secondary N) is 1. The summed E-state index contributed by atoms with van der Waals surface area (Å²) in [5.41, 5.74) is 1.19. The zero-order valence-electron chi connectivity index (χ0n) is 13.0. The first-order chi connectivity index (χ1) is 11.5. The van der Waals surface area contributed by atoms with Crippen molar-refractivity contribution in [2.24, 2.45) is 0 Å². The molecule has 7 nitrogen and oxygen atoms in total. The van der Waals surface area contributed by atoms with Gasteiger partial charge in [-0.1, -0.05) is 30.1 Å². The van der Waals surface area contributed by atoms with Gasteiger partial charge in [0.1, 0.15) is 18.3 Å². The van der Waals surface area contributed by atoms with Crippen molar-refractivity contribution in [3.8, 4) is 0 Å². The summed E-state index contributed by atoms with van der Waals surface area (Å²) in [6.45, 7) is 2.28. The molecule has 0 amide bonds. The number of ether oxygens (including phenoxy) is 1. The van der Waals surface area contributed by atoms with Gasteiger partial charge in [0, 0.05) is 6.54 Å².